The molecule has 0 saturated carbocycles. The van der Waals surface area contributed by atoms with Crippen molar-refractivity contribution >= 4 is 23.6 Å². The summed E-state index contributed by atoms with van der Waals surface area (Å²) in [6.07, 6.45) is 0.255. The summed E-state index contributed by atoms with van der Waals surface area (Å²) in [4.78, 5) is 52.4. The van der Waals surface area contributed by atoms with Crippen LogP contribution in [-0.4, -0.2) is 39.6 Å². The highest BCUT2D eigenvalue weighted by atomic mass is 16.2. The standard InChI is InChI=1S/C13H11N3O4/c1-6-2-3-7-10(14-6)13(20)16(12(7)19)8-4-5-9(17)15-11(8)18/h2-3,8H,4-5H2,1H3,(H,15,17,18). The first kappa shape index (κ1) is 12.5. The van der Waals surface area contributed by atoms with Gasteiger partial charge in [-0.1, -0.05) is 0 Å². The van der Waals surface area contributed by atoms with Gasteiger partial charge < -0.3 is 0 Å². The number of carbonyl (C=O) groups excluding carboxylic acids is 4. The summed E-state index contributed by atoms with van der Waals surface area (Å²) in [5.74, 6) is -2.13. The third-order valence-electron chi connectivity index (χ3n) is 3.43. The smallest absolute Gasteiger partial charge is 0.280 e. The van der Waals surface area contributed by atoms with E-state index in [0.29, 0.717) is 5.69 Å². The van der Waals surface area contributed by atoms with Gasteiger partial charge in [0.1, 0.15) is 11.7 Å². The number of fused-ring (bicyclic) bond motifs is 1. The lowest BCUT2D eigenvalue weighted by Gasteiger charge is -2.27. The second kappa shape index (κ2) is 4.22. The zero-order valence-corrected chi connectivity index (χ0v) is 10.7. The van der Waals surface area contributed by atoms with E-state index < -0.39 is 29.7 Å². The number of carbonyl (C=O) groups is 4. The van der Waals surface area contributed by atoms with E-state index in [1.54, 1.807) is 13.0 Å². The van der Waals surface area contributed by atoms with E-state index in [1.165, 1.54) is 6.07 Å². The van der Waals surface area contributed by atoms with Gasteiger partial charge in [0.2, 0.25) is 11.8 Å². The average Bonchev–Trinajstić information content (AvgIpc) is 2.63. The highest BCUT2D eigenvalue weighted by molar-refractivity contribution is 6.22. The van der Waals surface area contributed by atoms with Crippen LogP contribution in [0.25, 0.3) is 0 Å². The summed E-state index contributed by atoms with van der Waals surface area (Å²) < 4.78 is 0. The molecule has 2 aliphatic rings. The van der Waals surface area contributed by atoms with Crippen molar-refractivity contribution in [3.63, 3.8) is 0 Å². The summed E-state index contributed by atoms with van der Waals surface area (Å²) in [5, 5.41) is 2.14. The Hall–Kier alpha value is -2.57. The van der Waals surface area contributed by atoms with E-state index in [0.717, 1.165) is 4.90 Å². The summed E-state index contributed by atoms with van der Waals surface area (Å²) in [5.41, 5.74) is 0.889. The molecule has 4 amide bonds. The molecule has 1 unspecified atom stereocenters. The molecule has 3 rings (SSSR count). The lowest BCUT2D eigenvalue weighted by molar-refractivity contribution is -0.136. The van der Waals surface area contributed by atoms with E-state index >= 15 is 0 Å². The first-order valence-electron chi connectivity index (χ1n) is 6.18. The fourth-order valence-corrected chi connectivity index (χ4v) is 2.44. The number of hydrogen-bond acceptors (Lipinski definition) is 5. The van der Waals surface area contributed by atoms with E-state index in [1.807, 2.05) is 0 Å². The van der Waals surface area contributed by atoms with Crippen molar-refractivity contribution in [3.05, 3.63) is 29.1 Å². The van der Waals surface area contributed by atoms with Crippen LogP contribution in [0.3, 0.4) is 0 Å². The van der Waals surface area contributed by atoms with Gasteiger partial charge >= 0.3 is 0 Å². The van der Waals surface area contributed by atoms with E-state index in [4.69, 9.17) is 0 Å². The molecule has 1 N–H and O–H groups in total. The number of aromatic nitrogens is 1. The lowest BCUT2D eigenvalue weighted by Crippen LogP contribution is -2.54. The van der Waals surface area contributed by atoms with Crippen LogP contribution in [0.2, 0.25) is 0 Å². The molecule has 0 aliphatic carbocycles. The van der Waals surface area contributed by atoms with Crippen LogP contribution in [0.15, 0.2) is 12.1 Å². The largest absolute Gasteiger partial charge is 0.295 e. The molecular weight excluding hydrogens is 262 g/mol. The van der Waals surface area contributed by atoms with Gasteiger partial charge in [0.05, 0.1) is 5.56 Å². The maximum absolute atomic E-state index is 12.3. The molecule has 1 saturated heterocycles. The van der Waals surface area contributed by atoms with Crippen molar-refractivity contribution in [1.82, 2.24) is 15.2 Å². The van der Waals surface area contributed by atoms with Crippen LogP contribution in [-0.2, 0) is 9.59 Å². The molecule has 1 aromatic rings. The first-order valence-corrected chi connectivity index (χ1v) is 6.18. The van der Waals surface area contributed by atoms with Crippen LogP contribution < -0.4 is 5.32 Å². The van der Waals surface area contributed by atoms with E-state index in [-0.39, 0.29) is 24.1 Å². The molecule has 1 aromatic heterocycles. The molecule has 0 aromatic carbocycles. The maximum atomic E-state index is 12.3. The molecular formula is C13H11N3O4. The number of aryl methyl sites for hydroxylation is 1. The van der Waals surface area contributed by atoms with Crippen molar-refractivity contribution in [1.29, 1.82) is 0 Å². The summed E-state index contributed by atoms with van der Waals surface area (Å²) in [7, 11) is 0. The zero-order chi connectivity index (χ0) is 14.4. The van der Waals surface area contributed by atoms with Gasteiger partial charge in [-0.3, -0.25) is 29.4 Å². The highest BCUT2D eigenvalue weighted by Crippen LogP contribution is 2.26. The molecule has 1 fully saturated rings. The molecule has 3 heterocycles. The van der Waals surface area contributed by atoms with Gasteiger partial charge in [-0.2, -0.15) is 0 Å². The average molecular weight is 273 g/mol. The van der Waals surface area contributed by atoms with E-state index in [9.17, 15) is 19.2 Å². The Morgan fingerprint density at radius 2 is 1.95 bits per heavy atom. The Bertz CT molecular complexity index is 668. The minimum absolute atomic E-state index is 0.0692. The second-order valence-corrected chi connectivity index (χ2v) is 4.80. The number of hydrogen-bond donors (Lipinski definition) is 1. The van der Waals surface area contributed by atoms with Crippen LogP contribution >= 0.6 is 0 Å². The highest BCUT2D eigenvalue weighted by Gasteiger charge is 2.45. The number of piperidine rings is 1. The predicted molar refractivity (Wildman–Crippen MR) is 65.6 cm³/mol. The minimum atomic E-state index is -0.942. The van der Waals surface area contributed by atoms with Gasteiger partial charge in [-0.15, -0.1) is 0 Å². The monoisotopic (exact) mass is 273 g/mol. The maximum Gasteiger partial charge on any atom is 0.280 e. The molecule has 0 bridgehead atoms. The van der Waals surface area contributed by atoms with Gasteiger partial charge in [0.25, 0.3) is 11.8 Å². The molecule has 0 radical (unpaired) electrons. The molecule has 102 valence electrons. The Kier molecular flexibility index (Phi) is 2.63. The van der Waals surface area contributed by atoms with Crippen LogP contribution in [0, 0.1) is 6.92 Å². The lowest BCUT2D eigenvalue weighted by atomic mass is 10.0. The quantitative estimate of drug-likeness (QED) is 0.714. The zero-order valence-electron chi connectivity index (χ0n) is 10.7. The van der Waals surface area contributed by atoms with E-state index in [2.05, 4.69) is 10.3 Å². The fourth-order valence-electron chi connectivity index (χ4n) is 2.44. The minimum Gasteiger partial charge on any atom is -0.295 e. The molecule has 1 atom stereocenters. The SMILES string of the molecule is Cc1ccc2c(n1)C(=O)N(C1CCC(=O)NC1=O)C2=O. The Balaban J connectivity index is 1.97. The van der Waals surface area contributed by atoms with Crippen molar-refractivity contribution in [2.24, 2.45) is 0 Å². The van der Waals surface area contributed by atoms with Gasteiger partial charge in [-0.25, -0.2) is 4.98 Å². The third-order valence-corrected chi connectivity index (χ3v) is 3.43. The molecule has 7 heteroatoms. The Morgan fingerprint density at radius 1 is 1.20 bits per heavy atom. The topological polar surface area (TPSA) is 96.4 Å². The predicted octanol–water partition coefficient (Wildman–Crippen LogP) is -0.209. The molecule has 20 heavy (non-hydrogen) atoms. The molecule has 7 nitrogen and oxygen atoms in total. The van der Waals surface area contributed by atoms with Crippen molar-refractivity contribution < 1.29 is 19.2 Å². The second-order valence-electron chi connectivity index (χ2n) is 4.80. The molecule has 2 aliphatic heterocycles. The summed E-state index contributed by atoms with van der Waals surface area (Å²) in [6, 6.07) is 2.23. The number of nitrogens with one attached hydrogen (secondary N) is 1. The number of pyridine rings is 1. The molecule has 0 spiro atoms. The van der Waals surface area contributed by atoms with Crippen molar-refractivity contribution in [2.45, 2.75) is 25.8 Å². The number of rotatable bonds is 1. The Morgan fingerprint density at radius 3 is 2.65 bits per heavy atom. The third kappa shape index (κ3) is 1.70. The Labute approximate surface area is 114 Å². The van der Waals surface area contributed by atoms with Crippen LogP contribution in [0.5, 0.6) is 0 Å². The van der Waals surface area contributed by atoms with Crippen LogP contribution in [0.1, 0.15) is 39.4 Å². The number of amides is 4. The van der Waals surface area contributed by atoms with Crippen molar-refractivity contribution in [2.75, 3.05) is 0 Å². The van der Waals surface area contributed by atoms with Gasteiger partial charge in [-0.05, 0) is 25.5 Å². The van der Waals surface area contributed by atoms with Gasteiger partial charge in [0.15, 0.2) is 0 Å². The van der Waals surface area contributed by atoms with Gasteiger partial charge in [0, 0.05) is 12.1 Å². The van der Waals surface area contributed by atoms with Crippen molar-refractivity contribution in [3.8, 4) is 0 Å². The summed E-state index contributed by atoms with van der Waals surface area (Å²) in [6.45, 7) is 1.71. The number of imide groups is 2. The number of nitrogens with zero attached hydrogens (tertiary/aromatic N) is 2. The normalized spacial score (nSPS) is 22.1. The summed E-state index contributed by atoms with van der Waals surface area (Å²) >= 11 is 0. The van der Waals surface area contributed by atoms with Crippen LogP contribution in [0.4, 0.5) is 0 Å². The fraction of sp³-hybridized carbons (Fsp3) is 0.308. The first-order chi connectivity index (χ1) is 9.49.